The third-order valence-electron chi connectivity index (χ3n) is 5.40. The van der Waals surface area contributed by atoms with Crippen molar-refractivity contribution in [2.75, 3.05) is 19.7 Å². The number of halogens is 1. The average molecular weight is 411 g/mol. The number of likely N-dealkylation sites (tertiary alicyclic amines) is 1. The van der Waals surface area contributed by atoms with Crippen LogP contribution in [0.5, 0.6) is 5.75 Å². The van der Waals surface area contributed by atoms with E-state index in [0.29, 0.717) is 42.6 Å². The molecule has 2 aromatic carbocycles. The van der Waals surface area contributed by atoms with Crippen LogP contribution in [-0.4, -0.2) is 50.8 Å². The van der Waals surface area contributed by atoms with Gasteiger partial charge in [-0.1, -0.05) is 18.2 Å². The molecule has 1 saturated heterocycles. The highest BCUT2D eigenvalue weighted by atomic mass is 19.1. The van der Waals surface area contributed by atoms with Crippen molar-refractivity contribution < 1.29 is 19.0 Å². The first-order valence-electron chi connectivity index (χ1n) is 9.76. The highest BCUT2D eigenvalue weighted by molar-refractivity contribution is 5.78. The minimum atomic E-state index is -1.10. The Morgan fingerprint density at radius 2 is 1.93 bits per heavy atom. The molecule has 1 aliphatic rings. The molecule has 0 atom stereocenters. The van der Waals surface area contributed by atoms with Gasteiger partial charge in [0, 0.05) is 19.2 Å². The Morgan fingerprint density at radius 3 is 2.70 bits per heavy atom. The molecular formula is C22H22FN3O4. The van der Waals surface area contributed by atoms with Gasteiger partial charge < -0.3 is 14.7 Å². The quantitative estimate of drug-likeness (QED) is 0.694. The van der Waals surface area contributed by atoms with Gasteiger partial charge in [0.1, 0.15) is 11.6 Å². The molecule has 0 saturated carbocycles. The Balaban J connectivity index is 1.36. The van der Waals surface area contributed by atoms with Gasteiger partial charge >= 0.3 is 0 Å². The summed E-state index contributed by atoms with van der Waals surface area (Å²) in [5.74, 6) is -0.368. The molecule has 0 radical (unpaired) electrons. The van der Waals surface area contributed by atoms with E-state index in [0.717, 1.165) is 0 Å². The van der Waals surface area contributed by atoms with E-state index in [-0.39, 0.29) is 24.6 Å². The SMILES string of the molecule is O=C(COc1cccc(F)c1)N1CCC(O)(Cn2cnc3ccccc3c2=O)CC1. The van der Waals surface area contributed by atoms with Crippen LogP contribution < -0.4 is 10.3 Å². The number of hydrogen-bond acceptors (Lipinski definition) is 5. The highest BCUT2D eigenvalue weighted by Gasteiger charge is 2.34. The van der Waals surface area contributed by atoms with E-state index in [2.05, 4.69) is 4.98 Å². The first-order chi connectivity index (χ1) is 14.4. The molecule has 7 nitrogen and oxygen atoms in total. The van der Waals surface area contributed by atoms with Crippen molar-refractivity contribution in [1.29, 1.82) is 0 Å². The van der Waals surface area contributed by atoms with Gasteiger partial charge in [0.15, 0.2) is 6.61 Å². The van der Waals surface area contributed by atoms with E-state index in [4.69, 9.17) is 4.74 Å². The molecule has 1 N–H and O–H groups in total. The largest absolute Gasteiger partial charge is 0.484 e. The predicted octanol–water partition coefficient (Wildman–Crippen LogP) is 1.97. The third-order valence-corrected chi connectivity index (χ3v) is 5.40. The van der Waals surface area contributed by atoms with Crippen LogP contribution in [0.2, 0.25) is 0 Å². The Labute approximate surface area is 172 Å². The molecule has 0 bridgehead atoms. The standard InChI is InChI=1S/C22H22FN3O4/c23-16-4-3-5-17(12-16)30-13-20(27)25-10-8-22(29,9-11-25)14-26-15-24-19-7-2-1-6-18(19)21(26)28/h1-7,12,15,29H,8-11,13-14H2. The highest BCUT2D eigenvalue weighted by Crippen LogP contribution is 2.24. The molecule has 0 unspecified atom stereocenters. The average Bonchev–Trinajstić information content (AvgIpc) is 2.75. The van der Waals surface area contributed by atoms with Crippen LogP contribution in [-0.2, 0) is 11.3 Å². The fourth-order valence-electron chi connectivity index (χ4n) is 3.66. The molecule has 4 rings (SSSR count). The van der Waals surface area contributed by atoms with E-state index < -0.39 is 11.4 Å². The molecule has 8 heteroatoms. The van der Waals surface area contributed by atoms with Gasteiger partial charge in [-0.25, -0.2) is 9.37 Å². The molecule has 1 amide bonds. The van der Waals surface area contributed by atoms with Crippen LogP contribution in [0, 0.1) is 5.82 Å². The Bertz CT molecular complexity index is 1120. The number of fused-ring (bicyclic) bond motifs is 1. The van der Waals surface area contributed by atoms with E-state index in [1.54, 1.807) is 29.2 Å². The number of amides is 1. The molecular weight excluding hydrogens is 389 g/mol. The van der Waals surface area contributed by atoms with Gasteiger partial charge in [0.2, 0.25) is 0 Å². The summed E-state index contributed by atoms with van der Waals surface area (Å²) in [6, 6.07) is 12.7. The Morgan fingerprint density at radius 1 is 1.17 bits per heavy atom. The van der Waals surface area contributed by atoms with Gasteiger partial charge in [-0.3, -0.25) is 14.2 Å². The van der Waals surface area contributed by atoms with Gasteiger partial charge in [0.25, 0.3) is 11.5 Å². The molecule has 2 heterocycles. The number of ether oxygens (including phenoxy) is 1. The second-order valence-electron chi connectivity index (χ2n) is 7.55. The molecule has 1 aromatic heterocycles. The lowest BCUT2D eigenvalue weighted by Crippen LogP contribution is -2.50. The predicted molar refractivity (Wildman–Crippen MR) is 109 cm³/mol. The number of nitrogens with zero attached hydrogens (tertiary/aromatic N) is 3. The maximum Gasteiger partial charge on any atom is 0.261 e. The second kappa shape index (κ2) is 8.23. The molecule has 3 aromatic rings. The smallest absolute Gasteiger partial charge is 0.261 e. The summed E-state index contributed by atoms with van der Waals surface area (Å²) < 4.78 is 20.0. The molecule has 1 fully saturated rings. The fourth-order valence-corrected chi connectivity index (χ4v) is 3.66. The third kappa shape index (κ3) is 4.33. The molecule has 156 valence electrons. The summed E-state index contributed by atoms with van der Waals surface area (Å²) in [7, 11) is 0. The Hall–Kier alpha value is -3.26. The minimum absolute atomic E-state index is 0.117. The number of aromatic nitrogens is 2. The zero-order chi connectivity index (χ0) is 21.1. The zero-order valence-corrected chi connectivity index (χ0v) is 16.3. The van der Waals surface area contributed by atoms with Gasteiger partial charge in [0.05, 0.1) is 29.4 Å². The fraction of sp³-hybridized carbons (Fsp3) is 0.318. The molecule has 1 aliphatic heterocycles. The molecule has 0 aliphatic carbocycles. The topological polar surface area (TPSA) is 84.7 Å². The number of para-hydroxylation sites is 1. The van der Waals surface area contributed by atoms with Crippen LogP contribution in [0.4, 0.5) is 4.39 Å². The van der Waals surface area contributed by atoms with Crippen LogP contribution in [0.15, 0.2) is 59.7 Å². The second-order valence-corrected chi connectivity index (χ2v) is 7.55. The van der Waals surface area contributed by atoms with E-state index in [1.807, 2.05) is 6.07 Å². The van der Waals surface area contributed by atoms with E-state index in [9.17, 15) is 19.1 Å². The first-order valence-corrected chi connectivity index (χ1v) is 9.76. The van der Waals surface area contributed by atoms with Gasteiger partial charge in [-0.2, -0.15) is 0 Å². The van der Waals surface area contributed by atoms with Crippen LogP contribution >= 0.6 is 0 Å². The van der Waals surface area contributed by atoms with Gasteiger partial charge in [-0.05, 0) is 37.1 Å². The van der Waals surface area contributed by atoms with Crippen molar-refractivity contribution in [1.82, 2.24) is 14.5 Å². The van der Waals surface area contributed by atoms with Crippen molar-refractivity contribution in [3.05, 3.63) is 71.0 Å². The van der Waals surface area contributed by atoms with Crippen molar-refractivity contribution in [3.8, 4) is 5.75 Å². The van der Waals surface area contributed by atoms with Crippen molar-refractivity contribution in [2.24, 2.45) is 0 Å². The maximum absolute atomic E-state index is 13.2. The van der Waals surface area contributed by atoms with E-state index >= 15 is 0 Å². The van der Waals surface area contributed by atoms with Crippen molar-refractivity contribution >= 4 is 16.8 Å². The lowest BCUT2D eigenvalue weighted by Gasteiger charge is -2.38. The first kappa shape index (κ1) is 20.0. The monoisotopic (exact) mass is 411 g/mol. The zero-order valence-electron chi connectivity index (χ0n) is 16.3. The lowest BCUT2D eigenvalue weighted by atomic mass is 9.91. The number of aliphatic hydroxyl groups is 1. The van der Waals surface area contributed by atoms with Crippen molar-refractivity contribution in [2.45, 2.75) is 25.0 Å². The number of piperidine rings is 1. The normalized spacial score (nSPS) is 15.9. The maximum atomic E-state index is 13.2. The van der Waals surface area contributed by atoms with Crippen molar-refractivity contribution in [3.63, 3.8) is 0 Å². The van der Waals surface area contributed by atoms with E-state index in [1.165, 1.54) is 29.1 Å². The summed E-state index contributed by atoms with van der Waals surface area (Å²) in [5.41, 5.74) is -0.686. The summed E-state index contributed by atoms with van der Waals surface area (Å²) in [6.07, 6.45) is 2.11. The van der Waals surface area contributed by atoms with Crippen LogP contribution in [0.1, 0.15) is 12.8 Å². The lowest BCUT2D eigenvalue weighted by molar-refractivity contribution is -0.138. The van der Waals surface area contributed by atoms with Gasteiger partial charge in [-0.15, -0.1) is 0 Å². The number of benzene rings is 2. The number of rotatable bonds is 5. The summed E-state index contributed by atoms with van der Waals surface area (Å²) in [6.45, 7) is 0.608. The summed E-state index contributed by atoms with van der Waals surface area (Å²) in [4.78, 5) is 30.9. The Kier molecular flexibility index (Phi) is 5.50. The molecule has 30 heavy (non-hydrogen) atoms. The minimum Gasteiger partial charge on any atom is -0.484 e. The number of carbonyl (C=O) groups is 1. The molecule has 0 spiro atoms. The summed E-state index contributed by atoms with van der Waals surface area (Å²) in [5, 5.41) is 11.5. The number of hydrogen-bond donors (Lipinski definition) is 1. The summed E-state index contributed by atoms with van der Waals surface area (Å²) >= 11 is 0. The van der Waals surface area contributed by atoms with Crippen LogP contribution in [0.25, 0.3) is 10.9 Å². The number of carbonyl (C=O) groups excluding carboxylic acids is 1. The van der Waals surface area contributed by atoms with Crippen LogP contribution in [0.3, 0.4) is 0 Å².